The molecule has 0 aliphatic heterocycles. The number of fused-ring (bicyclic) bond motifs is 1. The number of amides is 1. The smallest absolute Gasteiger partial charge is 0.343 e. The van der Waals surface area contributed by atoms with Gasteiger partial charge in [-0.05, 0) is 72.2 Å². The van der Waals surface area contributed by atoms with E-state index >= 15 is 0 Å². The van der Waals surface area contributed by atoms with Crippen molar-refractivity contribution in [1.29, 1.82) is 0 Å². The average Bonchev–Trinajstić information content (AvgIpc) is 3.41. The molecule has 0 unspecified atom stereocenters. The monoisotopic (exact) mass is 755 g/mol. The second-order valence-corrected chi connectivity index (χ2v) is 11.6. The highest BCUT2D eigenvalue weighted by Gasteiger charge is 2.23. The number of rotatable bonds is 10. The third-order valence-electron chi connectivity index (χ3n) is 6.53. The molecule has 0 bridgehead atoms. The van der Waals surface area contributed by atoms with Crippen LogP contribution >= 0.6 is 43.5 Å². The summed E-state index contributed by atoms with van der Waals surface area (Å²) < 4.78 is 32.8. The van der Waals surface area contributed by atoms with Crippen LogP contribution in [0.3, 0.4) is 0 Å². The van der Waals surface area contributed by atoms with Crippen molar-refractivity contribution in [1.82, 2.24) is 10.4 Å². The van der Waals surface area contributed by atoms with Crippen LogP contribution in [0.1, 0.15) is 40.3 Å². The molecule has 8 nitrogen and oxygen atoms in total. The van der Waals surface area contributed by atoms with E-state index in [2.05, 4.69) is 47.4 Å². The fourth-order valence-electron chi connectivity index (χ4n) is 4.63. The zero-order valence-electron chi connectivity index (χ0n) is 23.9. The predicted molar refractivity (Wildman–Crippen MR) is 179 cm³/mol. The van der Waals surface area contributed by atoms with Crippen LogP contribution in [0.2, 0.25) is 5.02 Å². The normalized spacial score (nSPS) is 11.2. The molecule has 0 radical (unpaired) electrons. The number of nitrogens with one attached hydrogen (secondary N) is 2. The van der Waals surface area contributed by atoms with Gasteiger partial charge in [0.1, 0.15) is 11.5 Å². The Hall–Kier alpha value is -4.19. The maximum absolute atomic E-state index is 14.7. The first kappa shape index (κ1) is 32.2. The molecule has 0 aliphatic carbocycles. The Morgan fingerprint density at radius 3 is 2.49 bits per heavy atom. The molecule has 230 valence electrons. The first-order chi connectivity index (χ1) is 21.7. The fourth-order valence-corrected chi connectivity index (χ4v) is 6.20. The van der Waals surface area contributed by atoms with Crippen molar-refractivity contribution in [3.63, 3.8) is 0 Å². The summed E-state index contributed by atoms with van der Waals surface area (Å²) in [6.45, 7) is 4.51. The molecule has 0 saturated carbocycles. The van der Waals surface area contributed by atoms with Crippen molar-refractivity contribution in [2.75, 3.05) is 13.2 Å². The van der Waals surface area contributed by atoms with Crippen LogP contribution in [-0.4, -0.2) is 36.3 Å². The number of nitrogens with zero attached hydrogens (tertiary/aromatic N) is 1. The molecule has 4 aromatic carbocycles. The molecule has 0 atom stereocenters. The highest BCUT2D eigenvalue weighted by atomic mass is 79.9. The number of esters is 1. The molecule has 12 heteroatoms. The lowest BCUT2D eigenvalue weighted by atomic mass is 10.0. The predicted octanol–water partition coefficient (Wildman–Crippen LogP) is 8.93. The highest BCUT2D eigenvalue weighted by Crippen LogP contribution is 2.38. The Morgan fingerprint density at radius 1 is 0.978 bits per heavy atom. The number of para-hydroxylation sites is 1. The van der Waals surface area contributed by atoms with Crippen LogP contribution in [0.5, 0.6) is 17.2 Å². The summed E-state index contributed by atoms with van der Waals surface area (Å²) in [7, 11) is 0. The van der Waals surface area contributed by atoms with Gasteiger partial charge in [0.05, 0.1) is 35.0 Å². The van der Waals surface area contributed by atoms with Crippen LogP contribution < -0.4 is 19.6 Å². The van der Waals surface area contributed by atoms with E-state index in [0.717, 1.165) is 0 Å². The molecule has 1 aromatic heterocycles. The summed E-state index contributed by atoms with van der Waals surface area (Å²) in [4.78, 5) is 29.5. The van der Waals surface area contributed by atoms with Crippen molar-refractivity contribution < 1.29 is 28.2 Å². The molecule has 1 heterocycles. The second-order valence-electron chi connectivity index (χ2n) is 9.44. The first-order valence-electron chi connectivity index (χ1n) is 13.7. The molecule has 0 saturated heterocycles. The molecule has 5 rings (SSSR count). The van der Waals surface area contributed by atoms with Gasteiger partial charge in [-0.15, -0.1) is 0 Å². The van der Waals surface area contributed by atoms with Gasteiger partial charge in [0, 0.05) is 31.6 Å². The van der Waals surface area contributed by atoms with Gasteiger partial charge in [-0.2, -0.15) is 5.10 Å². The maximum atomic E-state index is 14.7. The zero-order valence-corrected chi connectivity index (χ0v) is 27.8. The van der Waals surface area contributed by atoms with Gasteiger partial charge in [0.2, 0.25) is 0 Å². The molecule has 0 spiro atoms. The van der Waals surface area contributed by atoms with Crippen LogP contribution in [0.15, 0.2) is 86.8 Å². The molecule has 5 aromatic rings. The van der Waals surface area contributed by atoms with Gasteiger partial charge in [0.15, 0.2) is 17.2 Å². The van der Waals surface area contributed by atoms with Crippen LogP contribution in [0.4, 0.5) is 4.39 Å². The Kier molecular flexibility index (Phi) is 10.2. The van der Waals surface area contributed by atoms with Crippen molar-refractivity contribution in [2.45, 2.75) is 13.8 Å². The summed E-state index contributed by atoms with van der Waals surface area (Å²) >= 11 is 13.3. The number of hydrogen-bond acceptors (Lipinski definition) is 6. The molecule has 1 amide bonds. The topological polar surface area (TPSA) is 102 Å². The number of aromatic nitrogens is 1. The van der Waals surface area contributed by atoms with Crippen molar-refractivity contribution >= 4 is 72.5 Å². The molecule has 0 aliphatic rings. The number of ether oxygens (including phenoxy) is 3. The van der Waals surface area contributed by atoms with E-state index in [-0.39, 0.29) is 22.5 Å². The number of benzene rings is 4. The Morgan fingerprint density at radius 2 is 1.73 bits per heavy atom. The third-order valence-corrected chi connectivity index (χ3v) is 7.91. The number of H-pyrrole nitrogens is 1. The number of halogens is 4. The van der Waals surface area contributed by atoms with E-state index in [4.69, 9.17) is 25.8 Å². The van der Waals surface area contributed by atoms with E-state index in [1.165, 1.54) is 12.3 Å². The number of aromatic amines is 1. The van der Waals surface area contributed by atoms with Crippen LogP contribution in [0.25, 0.3) is 22.0 Å². The van der Waals surface area contributed by atoms with Gasteiger partial charge in [-0.25, -0.2) is 14.6 Å². The number of carbonyl (C=O) groups excluding carboxylic acids is 2. The lowest BCUT2D eigenvalue weighted by Gasteiger charge is -2.13. The Labute approximate surface area is 279 Å². The van der Waals surface area contributed by atoms with E-state index in [0.29, 0.717) is 60.8 Å². The minimum absolute atomic E-state index is 0.0722. The molecule has 2 N–H and O–H groups in total. The van der Waals surface area contributed by atoms with E-state index in [1.54, 1.807) is 66.7 Å². The van der Waals surface area contributed by atoms with Gasteiger partial charge in [0.25, 0.3) is 5.91 Å². The second kappa shape index (κ2) is 14.3. The van der Waals surface area contributed by atoms with Crippen molar-refractivity contribution in [2.24, 2.45) is 5.10 Å². The maximum Gasteiger partial charge on any atom is 0.343 e. The zero-order chi connectivity index (χ0) is 32.1. The largest absolute Gasteiger partial charge is 0.490 e. The SMILES string of the molecule is CCOc1ccc(C(=O)Oc2c(Br)cc(Br)cc2C=NNC(=O)c2[nH]c3c(F)cccc3c2-c2ccccc2Cl)cc1OCC. The standard InChI is InChI=1S/C33H25Br2ClFN3O5/c1-3-43-26-13-12-18(15-27(26)44-4-2)33(42)45-31-19(14-20(34)16-23(31)35)17-38-40-32(41)30-28(21-8-5-6-10-24(21)36)22-9-7-11-25(37)29(22)39-30/h5-17,39H,3-4H2,1-2H3,(H,40,41). The minimum atomic E-state index is -0.648. The van der Waals surface area contributed by atoms with Gasteiger partial charge >= 0.3 is 5.97 Å². The minimum Gasteiger partial charge on any atom is -0.490 e. The van der Waals surface area contributed by atoms with Gasteiger partial charge in [-0.1, -0.05) is 57.9 Å². The lowest BCUT2D eigenvalue weighted by Crippen LogP contribution is -2.19. The number of hydrogen-bond donors (Lipinski definition) is 2. The summed E-state index contributed by atoms with van der Waals surface area (Å²) in [6.07, 6.45) is 1.33. The van der Waals surface area contributed by atoms with E-state index in [9.17, 15) is 14.0 Å². The molecule has 0 fully saturated rings. The number of carbonyl (C=O) groups is 2. The lowest BCUT2D eigenvalue weighted by molar-refractivity contribution is 0.0732. The average molecular weight is 758 g/mol. The van der Waals surface area contributed by atoms with Gasteiger partial charge in [-0.3, -0.25) is 4.79 Å². The van der Waals surface area contributed by atoms with Crippen LogP contribution in [-0.2, 0) is 0 Å². The van der Waals surface area contributed by atoms with E-state index < -0.39 is 17.7 Å². The highest BCUT2D eigenvalue weighted by molar-refractivity contribution is 9.11. The van der Waals surface area contributed by atoms with E-state index in [1.807, 2.05) is 13.8 Å². The van der Waals surface area contributed by atoms with Crippen molar-refractivity contribution in [3.05, 3.63) is 109 Å². The summed E-state index contributed by atoms with van der Waals surface area (Å²) in [5, 5.41) is 5.01. The molecular weight excluding hydrogens is 733 g/mol. The Balaban J connectivity index is 1.43. The Bertz CT molecular complexity index is 1950. The summed E-state index contributed by atoms with van der Waals surface area (Å²) in [5.41, 5.74) is 4.31. The quantitative estimate of drug-likeness (QED) is 0.0642. The summed E-state index contributed by atoms with van der Waals surface area (Å²) in [6, 6.07) is 19.7. The third kappa shape index (κ3) is 7.06. The number of hydrazone groups is 1. The fraction of sp³-hybridized carbons (Fsp3) is 0.121. The van der Waals surface area contributed by atoms with Gasteiger partial charge < -0.3 is 19.2 Å². The van der Waals surface area contributed by atoms with Crippen LogP contribution in [0, 0.1) is 5.82 Å². The molecular formula is C33H25Br2ClFN3O5. The van der Waals surface area contributed by atoms with Crippen molar-refractivity contribution in [3.8, 4) is 28.4 Å². The summed E-state index contributed by atoms with van der Waals surface area (Å²) in [5.74, 6) is -0.708. The first-order valence-corrected chi connectivity index (χ1v) is 15.7. The molecule has 45 heavy (non-hydrogen) atoms.